The molecule has 2 heteroatoms. The predicted molar refractivity (Wildman–Crippen MR) is 95.0 cm³/mol. The lowest BCUT2D eigenvalue weighted by Crippen LogP contribution is -2.09. The van der Waals surface area contributed by atoms with Gasteiger partial charge in [-0.3, -0.25) is 4.79 Å². The van der Waals surface area contributed by atoms with Gasteiger partial charge in [-0.25, -0.2) is 0 Å². The van der Waals surface area contributed by atoms with E-state index < -0.39 is 0 Å². The summed E-state index contributed by atoms with van der Waals surface area (Å²) < 4.78 is 5.39. The van der Waals surface area contributed by atoms with Crippen molar-refractivity contribution in [3.63, 3.8) is 0 Å². The second-order valence-electron chi connectivity index (χ2n) is 6.59. The van der Waals surface area contributed by atoms with Gasteiger partial charge in [0.25, 0.3) is 0 Å². The van der Waals surface area contributed by atoms with E-state index in [-0.39, 0.29) is 5.97 Å². The fourth-order valence-electron chi connectivity index (χ4n) is 2.42. The van der Waals surface area contributed by atoms with Crippen LogP contribution >= 0.6 is 0 Å². The van der Waals surface area contributed by atoms with Gasteiger partial charge in [0.1, 0.15) is 5.75 Å². The predicted octanol–water partition coefficient (Wildman–Crippen LogP) is 5.47. The summed E-state index contributed by atoms with van der Waals surface area (Å²) in [5.74, 6) is 1.45. The van der Waals surface area contributed by atoms with Crippen LogP contribution in [0.25, 0.3) is 0 Å². The fourth-order valence-corrected chi connectivity index (χ4v) is 2.42. The van der Waals surface area contributed by atoms with Crippen LogP contribution in [-0.2, 0) is 11.2 Å². The maximum atomic E-state index is 12.0. The smallest absolute Gasteiger partial charge is 0.311 e. The third-order valence-corrected chi connectivity index (χ3v) is 4.04. The van der Waals surface area contributed by atoms with Crippen molar-refractivity contribution in [2.24, 2.45) is 0 Å². The number of benzene rings is 2. The number of hydrogen-bond acceptors (Lipinski definition) is 2. The highest BCUT2D eigenvalue weighted by Crippen LogP contribution is 2.19. The van der Waals surface area contributed by atoms with E-state index in [1.54, 1.807) is 0 Å². The van der Waals surface area contributed by atoms with E-state index in [0.29, 0.717) is 30.4 Å². The molecule has 0 N–H and O–H groups in total. The van der Waals surface area contributed by atoms with Crippen LogP contribution in [0.3, 0.4) is 0 Å². The summed E-state index contributed by atoms with van der Waals surface area (Å²) in [6.07, 6.45) is 1.11. The lowest BCUT2D eigenvalue weighted by atomic mass is 10.0. The Morgan fingerprint density at radius 2 is 1.30 bits per heavy atom. The van der Waals surface area contributed by atoms with Crippen LogP contribution in [0.1, 0.15) is 62.6 Å². The Morgan fingerprint density at radius 1 is 0.826 bits per heavy atom. The SMILES string of the molecule is CC(C)c1ccc(CCC(=O)Oc2ccc(C(C)C)cc2)cc1. The first kappa shape index (κ1) is 17.3. The summed E-state index contributed by atoms with van der Waals surface area (Å²) in [4.78, 5) is 12.0. The Balaban J connectivity index is 1.85. The molecule has 0 amide bonds. The van der Waals surface area contributed by atoms with Crippen molar-refractivity contribution in [1.29, 1.82) is 0 Å². The molecule has 2 rings (SSSR count). The molecule has 0 saturated carbocycles. The van der Waals surface area contributed by atoms with Crippen molar-refractivity contribution >= 4 is 5.97 Å². The van der Waals surface area contributed by atoms with Gasteiger partial charge in [0.05, 0.1) is 0 Å². The average Bonchev–Trinajstić information content (AvgIpc) is 2.54. The fraction of sp³-hybridized carbons (Fsp3) is 0.381. The third-order valence-electron chi connectivity index (χ3n) is 4.04. The van der Waals surface area contributed by atoms with Crippen molar-refractivity contribution in [1.82, 2.24) is 0 Å². The van der Waals surface area contributed by atoms with Crippen LogP contribution in [0.15, 0.2) is 48.5 Å². The molecule has 0 fully saturated rings. The monoisotopic (exact) mass is 310 g/mol. The Kier molecular flexibility index (Phi) is 5.97. The Hall–Kier alpha value is -2.09. The Morgan fingerprint density at radius 3 is 1.78 bits per heavy atom. The topological polar surface area (TPSA) is 26.3 Å². The minimum absolute atomic E-state index is 0.185. The van der Waals surface area contributed by atoms with Crippen LogP contribution in [0.5, 0.6) is 5.75 Å². The Labute approximate surface area is 139 Å². The van der Waals surface area contributed by atoms with Gasteiger partial charge in [0, 0.05) is 6.42 Å². The van der Waals surface area contributed by atoms with Crippen molar-refractivity contribution < 1.29 is 9.53 Å². The number of rotatable bonds is 6. The van der Waals surface area contributed by atoms with Gasteiger partial charge in [0.15, 0.2) is 0 Å². The molecule has 2 aromatic carbocycles. The minimum atomic E-state index is -0.185. The number of ether oxygens (including phenoxy) is 1. The van der Waals surface area contributed by atoms with E-state index in [2.05, 4.69) is 52.0 Å². The van der Waals surface area contributed by atoms with Crippen LogP contribution < -0.4 is 4.74 Å². The highest BCUT2D eigenvalue weighted by atomic mass is 16.5. The van der Waals surface area contributed by atoms with Crippen molar-refractivity contribution in [2.45, 2.75) is 52.4 Å². The molecule has 0 unspecified atom stereocenters. The molecule has 23 heavy (non-hydrogen) atoms. The van der Waals surface area contributed by atoms with Gasteiger partial charge in [-0.15, -0.1) is 0 Å². The van der Waals surface area contributed by atoms with Gasteiger partial charge >= 0.3 is 5.97 Å². The molecule has 0 radical (unpaired) electrons. The van der Waals surface area contributed by atoms with E-state index in [1.165, 1.54) is 16.7 Å². The summed E-state index contributed by atoms with van der Waals surface area (Å²) >= 11 is 0. The maximum Gasteiger partial charge on any atom is 0.311 e. The van der Waals surface area contributed by atoms with E-state index >= 15 is 0 Å². The third kappa shape index (κ3) is 5.24. The Bertz CT molecular complexity index is 622. The minimum Gasteiger partial charge on any atom is -0.427 e. The second kappa shape index (κ2) is 7.96. The van der Waals surface area contributed by atoms with Gasteiger partial charge in [-0.1, -0.05) is 64.1 Å². The molecule has 0 aliphatic rings. The van der Waals surface area contributed by atoms with E-state index in [4.69, 9.17) is 4.74 Å². The highest BCUT2D eigenvalue weighted by molar-refractivity contribution is 5.72. The van der Waals surface area contributed by atoms with E-state index in [9.17, 15) is 4.79 Å². The van der Waals surface area contributed by atoms with Crippen molar-refractivity contribution in [3.05, 3.63) is 65.2 Å². The van der Waals surface area contributed by atoms with Crippen LogP contribution in [-0.4, -0.2) is 5.97 Å². The van der Waals surface area contributed by atoms with E-state index in [0.717, 1.165) is 0 Å². The first-order valence-corrected chi connectivity index (χ1v) is 8.35. The molecule has 122 valence electrons. The van der Waals surface area contributed by atoms with Crippen LogP contribution in [0.4, 0.5) is 0 Å². The summed E-state index contributed by atoms with van der Waals surface area (Å²) in [6.45, 7) is 8.64. The number of hydrogen-bond donors (Lipinski definition) is 0. The van der Waals surface area contributed by atoms with Crippen LogP contribution in [0, 0.1) is 0 Å². The maximum absolute atomic E-state index is 12.0. The number of carbonyl (C=O) groups is 1. The molecular weight excluding hydrogens is 284 g/mol. The molecule has 0 aliphatic carbocycles. The number of esters is 1. The molecule has 0 heterocycles. The van der Waals surface area contributed by atoms with Crippen LogP contribution in [0.2, 0.25) is 0 Å². The molecule has 2 nitrogen and oxygen atoms in total. The zero-order chi connectivity index (χ0) is 16.8. The quantitative estimate of drug-likeness (QED) is 0.522. The van der Waals surface area contributed by atoms with Crippen molar-refractivity contribution in [3.8, 4) is 5.75 Å². The summed E-state index contributed by atoms with van der Waals surface area (Å²) in [6, 6.07) is 16.2. The lowest BCUT2D eigenvalue weighted by Gasteiger charge is -2.08. The molecule has 0 saturated heterocycles. The number of carbonyl (C=O) groups excluding carboxylic acids is 1. The zero-order valence-electron chi connectivity index (χ0n) is 14.5. The molecule has 0 aliphatic heterocycles. The summed E-state index contributed by atoms with van der Waals surface area (Å²) in [7, 11) is 0. The molecule has 0 spiro atoms. The molecule has 2 aromatic rings. The lowest BCUT2D eigenvalue weighted by molar-refractivity contribution is -0.134. The molecule has 0 atom stereocenters. The normalized spacial score (nSPS) is 11.0. The highest BCUT2D eigenvalue weighted by Gasteiger charge is 2.07. The average molecular weight is 310 g/mol. The van der Waals surface area contributed by atoms with Gasteiger partial charge in [0.2, 0.25) is 0 Å². The van der Waals surface area contributed by atoms with Gasteiger partial charge < -0.3 is 4.74 Å². The zero-order valence-corrected chi connectivity index (χ0v) is 14.5. The number of aryl methyl sites for hydroxylation is 1. The summed E-state index contributed by atoms with van der Waals surface area (Å²) in [5.41, 5.74) is 3.73. The molecule has 0 bridgehead atoms. The standard InChI is InChI=1S/C21H26O2/c1-15(2)18-8-5-17(6-9-18)7-14-21(22)23-20-12-10-19(11-13-20)16(3)4/h5-6,8-13,15-16H,7,14H2,1-4H3. The first-order chi connectivity index (χ1) is 11.0. The molecular formula is C21H26O2. The van der Waals surface area contributed by atoms with Gasteiger partial charge in [-0.05, 0) is 47.1 Å². The van der Waals surface area contributed by atoms with Gasteiger partial charge in [-0.2, -0.15) is 0 Å². The van der Waals surface area contributed by atoms with E-state index in [1.807, 2.05) is 24.3 Å². The first-order valence-electron chi connectivity index (χ1n) is 8.35. The molecule has 0 aromatic heterocycles. The largest absolute Gasteiger partial charge is 0.427 e. The van der Waals surface area contributed by atoms with Crippen molar-refractivity contribution in [2.75, 3.05) is 0 Å². The second-order valence-corrected chi connectivity index (χ2v) is 6.59. The summed E-state index contributed by atoms with van der Waals surface area (Å²) in [5, 5.41) is 0.